The number of rotatable bonds is 2. The van der Waals surface area contributed by atoms with Gasteiger partial charge in [0.15, 0.2) is 11.5 Å². The second-order valence-corrected chi connectivity index (χ2v) is 5.55. The monoisotopic (exact) mass is 331 g/mol. The highest BCUT2D eigenvalue weighted by molar-refractivity contribution is 5.79. The predicted octanol–water partition coefficient (Wildman–Crippen LogP) is 0.990. The summed E-state index contributed by atoms with van der Waals surface area (Å²) >= 11 is 0. The Balaban J connectivity index is 1.90. The number of hydrogen-bond acceptors (Lipinski definition) is 4. The van der Waals surface area contributed by atoms with Crippen molar-refractivity contribution in [2.24, 2.45) is 0 Å². The second-order valence-electron chi connectivity index (χ2n) is 5.55. The molecule has 24 heavy (non-hydrogen) atoms. The highest BCUT2D eigenvalue weighted by Gasteiger charge is 2.26. The van der Waals surface area contributed by atoms with Gasteiger partial charge in [0.05, 0.1) is 6.20 Å². The molecule has 0 radical (unpaired) electrons. The minimum Gasteiger partial charge on any atom is -0.355 e. The van der Waals surface area contributed by atoms with Gasteiger partial charge in [0.1, 0.15) is 22.7 Å². The van der Waals surface area contributed by atoms with Crippen LogP contribution >= 0.6 is 0 Å². The topological polar surface area (TPSA) is 92.7 Å². The van der Waals surface area contributed by atoms with E-state index in [4.69, 9.17) is 0 Å². The molecule has 1 aliphatic heterocycles. The molecule has 1 amide bonds. The zero-order valence-corrected chi connectivity index (χ0v) is 12.2. The average Bonchev–Trinajstić information content (AvgIpc) is 3.14. The molecule has 9 heteroatoms. The number of hydrogen-bond donors (Lipinski definition) is 2. The third-order valence-corrected chi connectivity index (χ3v) is 3.96. The number of aromatic amines is 1. The Labute approximate surface area is 133 Å². The average molecular weight is 331 g/mol. The van der Waals surface area contributed by atoms with Crippen molar-refractivity contribution in [3.8, 4) is 5.69 Å². The SMILES string of the molecule is O=C1CC(c2nc3c(cnn3-c3ccc(F)cc3F)c(=O)[nH]2)CN1. The van der Waals surface area contributed by atoms with E-state index in [1.54, 1.807) is 0 Å². The summed E-state index contributed by atoms with van der Waals surface area (Å²) in [6, 6.07) is 3.05. The van der Waals surface area contributed by atoms with Gasteiger partial charge in [0, 0.05) is 24.9 Å². The third kappa shape index (κ3) is 2.25. The van der Waals surface area contributed by atoms with Crippen molar-refractivity contribution >= 4 is 16.9 Å². The van der Waals surface area contributed by atoms with Crippen LogP contribution in [0.25, 0.3) is 16.7 Å². The van der Waals surface area contributed by atoms with Crippen molar-refractivity contribution in [3.63, 3.8) is 0 Å². The van der Waals surface area contributed by atoms with Crippen LogP contribution in [0.3, 0.4) is 0 Å². The van der Waals surface area contributed by atoms with Gasteiger partial charge in [0.2, 0.25) is 5.91 Å². The van der Waals surface area contributed by atoms with Gasteiger partial charge >= 0.3 is 0 Å². The van der Waals surface area contributed by atoms with Crippen molar-refractivity contribution < 1.29 is 13.6 Å². The van der Waals surface area contributed by atoms with Crippen molar-refractivity contribution in [2.75, 3.05) is 6.54 Å². The van der Waals surface area contributed by atoms with Gasteiger partial charge in [-0.25, -0.2) is 18.4 Å². The molecular formula is C15H11F2N5O2. The maximum absolute atomic E-state index is 14.0. The Kier molecular flexibility index (Phi) is 3.15. The Morgan fingerprint density at radius 2 is 2.08 bits per heavy atom. The molecule has 1 aliphatic rings. The first-order valence-electron chi connectivity index (χ1n) is 7.23. The molecule has 3 heterocycles. The fourth-order valence-electron chi connectivity index (χ4n) is 2.76. The standard InChI is InChI=1S/C15H11F2N5O2/c16-8-1-2-11(10(17)4-8)22-14-9(6-19-22)15(24)21-13(20-14)7-3-12(23)18-5-7/h1-2,4,6-7H,3,5H2,(H,18,23)(H,20,21,24). The van der Waals surface area contributed by atoms with Crippen LogP contribution in [-0.2, 0) is 4.79 Å². The molecule has 7 nitrogen and oxygen atoms in total. The number of fused-ring (bicyclic) bond motifs is 1. The molecule has 1 fully saturated rings. The van der Waals surface area contributed by atoms with Crippen molar-refractivity contribution in [1.29, 1.82) is 0 Å². The molecule has 2 aromatic heterocycles. The smallest absolute Gasteiger partial charge is 0.262 e. The molecule has 122 valence electrons. The van der Waals surface area contributed by atoms with Crippen LogP contribution in [0.5, 0.6) is 0 Å². The molecule has 1 aromatic carbocycles. The van der Waals surface area contributed by atoms with Crippen LogP contribution < -0.4 is 10.9 Å². The molecule has 1 unspecified atom stereocenters. The van der Waals surface area contributed by atoms with Crippen LogP contribution in [0.1, 0.15) is 18.2 Å². The zero-order valence-electron chi connectivity index (χ0n) is 12.2. The maximum Gasteiger partial charge on any atom is 0.262 e. The zero-order chi connectivity index (χ0) is 16.8. The largest absolute Gasteiger partial charge is 0.355 e. The first kappa shape index (κ1) is 14.5. The fourth-order valence-corrected chi connectivity index (χ4v) is 2.76. The number of amides is 1. The van der Waals surface area contributed by atoms with Gasteiger partial charge in [-0.1, -0.05) is 0 Å². The molecular weight excluding hydrogens is 320 g/mol. The lowest BCUT2D eigenvalue weighted by Crippen LogP contribution is -2.17. The Bertz CT molecular complexity index is 1030. The summed E-state index contributed by atoms with van der Waals surface area (Å²) < 4.78 is 28.3. The van der Waals surface area contributed by atoms with E-state index in [0.717, 1.165) is 16.8 Å². The molecule has 3 aromatic rings. The number of nitrogens with one attached hydrogen (secondary N) is 2. The van der Waals surface area contributed by atoms with Crippen molar-refractivity contribution in [3.05, 3.63) is 52.2 Å². The fraction of sp³-hybridized carbons (Fsp3) is 0.200. The van der Waals surface area contributed by atoms with Crippen LogP contribution in [0.15, 0.2) is 29.2 Å². The lowest BCUT2D eigenvalue weighted by molar-refractivity contribution is -0.119. The van der Waals surface area contributed by atoms with Crippen LogP contribution in [0.2, 0.25) is 0 Å². The molecule has 2 N–H and O–H groups in total. The van der Waals surface area contributed by atoms with E-state index in [-0.39, 0.29) is 35.0 Å². The first-order chi connectivity index (χ1) is 11.5. The molecule has 4 rings (SSSR count). The summed E-state index contributed by atoms with van der Waals surface area (Å²) in [6.07, 6.45) is 1.49. The van der Waals surface area contributed by atoms with Crippen LogP contribution in [0.4, 0.5) is 8.78 Å². The second kappa shape index (κ2) is 5.22. The van der Waals surface area contributed by atoms with Gasteiger partial charge in [0.25, 0.3) is 5.56 Å². The van der Waals surface area contributed by atoms with E-state index < -0.39 is 17.2 Å². The summed E-state index contributed by atoms with van der Waals surface area (Å²) in [5, 5.41) is 6.84. The lowest BCUT2D eigenvalue weighted by atomic mass is 10.1. The summed E-state index contributed by atoms with van der Waals surface area (Å²) in [5.41, 5.74) is -0.294. The van der Waals surface area contributed by atoms with Crippen LogP contribution in [0, 0.1) is 11.6 Å². The highest BCUT2D eigenvalue weighted by Crippen LogP contribution is 2.22. The van der Waals surface area contributed by atoms with E-state index in [1.807, 2.05) is 0 Å². The van der Waals surface area contributed by atoms with E-state index in [1.165, 1.54) is 12.3 Å². The van der Waals surface area contributed by atoms with Crippen molar-refractivity contribution in [1.82, 2.24) is 25.1 Å². The Morgan fingerprint density at radius 1 is 1.25 bits per heavy atom. The van der Waals surface area contributed by atoms with Crippen molar-refractivity contribution in [2.45, 2.75) is 12.3 Å². The summed E-state index contributed by atoms with van der Waals surface area (Å²) in [5.74, 6) is -1.59. The third-order valence-electron chi connectivity index (χ3n) is 3.96. The van der Waals surface area contributed by atoms with Gasteiger partial charge in [-0.05, 0) is 12.1 Å². The first-order valence-corrected chi connectivity index (χ1v) is 7.23. The minimum atomic E-state index is -0.818. The molecule has 1 atom stereocenters. The molecule has 1 saturated heterocycles. The maximum atomic E-state index is 14.0. The number of carbonyl (C=O) groups is 1. The van der Waals surface area contributed by atoms with E-state index >= 15 is 0 Å². The van der Waals surface area contributed by atoms with Crippen LogP contribution in [-0.4, -0.2) is 32.2 Å². The molecule has 0 bridgehead atoms. The number of H-pyrrole nitrogens is 1. The highest BCUT2D eigenvalue weighted by atomic mass is 19.1. The van der Waals surface area contributed by atoms with Gasteiger partial charge in [-0.2, -0.15) is 5.10 Å². The van der Waals surface area contributed by atoms with E-state index in [2.05, 4.69) is 20.4 Å². The molecule has 0 spiro atoms. The number of aromatic nitrogens is 4. The minimum absolute atomic E-state index is 0.0175. The lowest BCUT2D eigenvalue weighted by Gasteiger charge is -2.08. The van der Waals surface area contributed by atoms with Gasteiger partial charge in [-0.15, -0.1) is 0 Å². The predicted molar refractivity (Wildman–Crippen MR) is 79.8 cm³/mol. The summed E-state index contributed by atoms with van der Waals surface area (Å²) in [7, 11) is 0. The summed E-state index contributed by atoms with van der Waals surface area (Å²) in [4.78, 5) is 30.6. The van der Waals surface area contributed by atoms with E-state index in [9.17, 15) is 18.4 Å². The Hall–Kier alpha value is -3.10. The number of halogens is 2. The quantitative estimate of drug-likeness (QED) is 0.732. The van der Waals surface area contributed by atoms with Gasteiger partial charge < -0.3 is 10.3 Å². The van der Waals surface area contributed by atoms with Gasteiger partial charge in [-0.3, -0.25) is 9.59 Å². The normalized spacial score (nSPS) is 17.4. The van der Waals surface area contributed by atoms with E-state index in [0.29, 0.717) is 12.4 Å². The summed E-state index contributed by atoms with van der Waals surface area (Å²) in [6.45, 7) is 0.367. The number of benzene rings is 1. The molecule has 0 aliphatic carbocycles. The molecule has 0 saturated carbocycles. The number of carbonyl (C=O) groups excluding carboxylic acids is 1. The Morgan fingerprint density at radius 3 is 2.79 bits per heavy atom. The number of nitrogens with zero attached hydrogens (tertiary/aromatic N) is 3.